The standard InChI is InChI=1S/C16H19N7O/c1-21(2)16(24)22-5-6-23-14(11-22)8-13(20-23)10-19-15-7-12(9-17)3-4-18-15/h3-4,7-8H,5-6,10-11H2,1-2H3,(H,18,19). The lowest BCUT2D eigenvalue weighted by molar-refractivity contribution is 0.155. The van der Waals surface area contributed by atoms with Crippen LogP contribution in [0.15, 0.2) is 24.4 Å². The Balaban J connectivity index is 1.65. The molecule has 1 N–H and O–H groups in total. The van der Waals surface area contributed by atoms with Gasteiger partial charge in [0.1, 0.15) is 5.82 Å². The van der Waals surface area contributed by atoms with Crippen LogP contribution in [0.25, 0.3) is 0 Å². The molecule has 124 valence electrons. The number of hydrogen-bond donors (Lipinski definition) is 1. The molecule has 8 heteroatoms. The van der Waals surface area contributed by atoms with Gasteiger partial charge in [-0.25, -0.2) is 9.78 Å². The molecule has 0 bridgehead atoms. The minimum absolute atomic E-state index is 0.0136. The van der Waals surface area contributed by atoms with Crippen molar-refractivity contribution in [3.63, 3.8) is 0 Å². The fraction of sp³-hybridized carbons (Fsp3) is 0.375. The summed E-state index contributed by atoms with van der Waals surface area (Å²) in [5.74, 6) is 0.643. The molecular weight excluding hydrogens is 306 g/mol. The van der Waals surface area contributed by atoms with Crippen molar-refractivity contribution in [3.05, 3.63) is 41.3 Å². The second-order valence-electron chi connectivity index (χ2n) is 5.84. The van der Waals surface area contributed by atoms with Crippen LogP contribution in [0, 0.1) is 11.3 Å². The number of aromatic nitrogens is 3. The number of carbonyl (C=O) groups is 1. The van der Waals surface area contributed by atoms with Gasteiger partial charge in [-0.3, -0.25) is 4.68 Å². The van der Waals surface area contributed by atoms with Gasteiger partial charge in [-0.15, -0.1) is 0 Å². The Morgan fingerprint density at radius 3 is 3.00 bits per heavy atom. The van der Waals surface area contributed by atoms with Gasteiger partial charge in [0, 0.05) is 26.8 Å². The highest BCUT2D eigenvalue weighted by atomic mass is 16.2. The average molecular weight is 325 g/mol. The molecule has 2 amide bonds. The first-order valence-corrected chi connectivity index (χ1v) is 7.68. The highest BCUT2D eigenvalue weighted by molar-refractivity contribution is 5.73. The van der Waals surface area contributed by atoms with Gasteiger partial charge < -0.3 is 15.1 Å². The Hall–Kier alpha value is -3.08. The number of nitrogens with zero attached hydrogens (tertiary/aromatic N) is 6. The van der Waals surface area contributed by atoms with Gasteiger partial charge >= 0.3 is 6.03 Å². The smallest absolute Gasteiger partial charge is 0.319 e. The minimum Gasteiger partial charge on any atom is -0.364 e. The molecule has 0 spiro atoms. The van der Waals surface area contributed by atoms with E-state index in [0.29, 0.717) is 37.6 Å². The largest absolute Gasteiger partial charge is 0.364 e. The van der Waals surface area contributed by atoms with Crippen LogP contribution in [0.4, 0.5) is 10.6 Å². The van der Waals surface area contributed by atoms with Crippen molar-refractivity contribution in [2.24, 2.45) is 0 Å². The van der Waals surface area contributed by atoms with Crippen LogP contribution < -0.4 is 5.32 Å². The van der Waals surface area contributed by atoms with E-state index < -0.39 is 0 Å². The molecule has 1 aliphatic rings. The normalized spacial score (nSPS) is 13.1. The molecular formula is C16H19N7O. The van der Waals surface area contributed by atoms with Gasteiger partial charge in [-0.2, -0.15) is 10.4 Å². The first kappa shape index (κ1) is 15.8. The minimum atomic E-state index is 0.0136. The third-order valence-corrected chi connectivity index (χ3v) is 3.84. The van der Waals surface area contributed by atoms with Gasteiger partial charge in [0.05, 0.1) is 42.7 Å². The monoisotopic (exact) mass is 325 g/mol. The van der Waals surface area contributed by atoms with E-state index in [-0.39, 0.29) is 6.03 Å². The van der Waals surface area contributed by atoms with Crippen molar-refractivity contribution in [3.8, 4) is 6.07 Å². The zero-order valence-corrected chi connectivity index (χ0v) is 13.7. The number of anilines is 1. The molecule has 1 aliphatic heterocycles. The Labute approximate surface area is 140 Å². The highest BCUT2D eigenvalue weighted by Crippen LogP contribution is 2.16. The van der Waals surface area contributed by atoms with Crippen LogP contribution in [0.2, 0.25) is 0 Å². The lowest BCUT2D eigenvalue weighted by atomic mass is 10.2. The van der Waals surface area contributed by atoms with E-state index >= 15 is 0 Å². The molecule has 0 saturated carbocycles. The summed E-state index contributed by atoms with van der Waals surface area (Å²) in [5, 5.41) is 16.6. The highest BCUT2D eigenvalue weighted by Gasteiger charge is 2.23. The zero-order valence-electron chi connectivity index (χ0n) is 13.7. The number of hydrogen-bond acceptors (Lipinski definition) is 5. The summed E-state index contributed by atoms with van der Waals surface area (Å²) >= 11 is 0. The van der Waals surface area contributed by atoms with Crippen molar-refractivity contribution >= 4 is 11.8 Å². The lowest BCUT2D eigenvalue weighted by Crippen LogP contribution is -2.43. The summed E-state index contributed by atoms with van der Waals surface area (Å²) in [6.07, 6.45) is 1.60. The Bertz CT molecular complexity index is 790. The molecule has 0 fully saturated rings. The Morgan fingerprint density at radius 1 is 1.42 bits per heavy atom. The summed E-state index contributed by atoms with van der Waals surface area (Å²) in [6.45, 7) is 2.43. The van der Waals surface area contributed by atoms with Crippen LogP contribution in [0.3, 0.4) is 0 Å². The van der Waals surface area contributed by atoms with Gasteiger partial charge in [-0.05, 0) is 18.2 Å². The number of nitrogens with one attached hydrogen (secondary N) is 1. The van der Waals surface area contributed by atoms with E-state index in [1.54, 1.807) is 37.3 Å². The van der Waals surface area contributed by atoms with E-state index in [2.05, 4.69) is 21.5 Å². The molecule has 2 aromatic rings. The van der Waals surface area contributed by atoms with Crippen LogP contribution in [0.5, 0.6) is 0 Å². The second-order valence-corrected chi connectivity index (χ2v) is 5.84. The molecule has 8 nitrogen and oxygen atoms in total. The summed E-state index contributed by atoms with van der Waals surface area (Å²) in [6, 6.07) is 7.46. The summed E-state index contributed by atoms with van der Waals surface area (Å²) in [5.41, 5.74) is 2.47. The maximum absolute atomic E-state index is 12.1. The number of carbonyl (C=O) groups excluding carboxylic acids is 1. The van der Waals surface area contributed by atoms with Crippen molar-refractivity contribution in [2.75, 3.05) is 26.0 Å². The molecule has 24 heavy (non-hydrogen) atoms. The number of fused-ring (bicyclic) bond motifs is 1. The molecule has 0 unspecified atom stereocenters. The fourth-order valence-corrected chi connectivity index (χ4v) is 2.64. The predicted octanol–water partition coefficient (Wildman–Crippen LogP) is 1.26. The maximum atomic E-state index is 12.1. The van der Waals surface area contributed by atoms with Crippen molar-refractivity contribution in [1.29, 1.82) is 5.26 Å². The molecule has 0 atom stereocenters. The molecule has 0 radical (unpaired) electrons. The number of pyridine rings is 1. The topological polar surface area (TPSA) is 90.1 Å². The third kappa shape index (κ3) is 3.30. The van der Waals surface area contributed by atoms with E-state index in [4.69, 9.17) is 5.26 Å². The van der Waals surface area contributed by atoms with Crippen molar-refractivity contribution in [1.82, 2.24) is 24.6 Å². The van der Waals surface area contributed by atoms with Crippen molar-refractivity contribution in [2.45, 2.75) is 19.6 Å². The van der Waals surface area contributed by atoms with E-state index in [0.717, 1.165) is 11.4 Å². The van der Waals surface area contributed by atoms with Crippen LogP contribution >= 0.6 is 0 Å². The Kier molecular flexibility index (Phi) is 4.33. The Morgan fingerprint density at radius 2 is 2.25 bits per heavy atom. The molecule has 0 aliphatic carbocycles. The number of rotatable bonds is 3. The first-order valence-electron chi connectivity index (χ1n) is 7.68. The SMILES string of the molecule is CN(C)C(=O)N1CCn2nc(CNc3cc(C#N)ccn3)cc2C1. The van der Waals surface area contributed by atoms with E-state index in [9.17, 15) is 4.79 Å². The number of nitriles is 1. The fourth-order valence-electron chi connectivity index (χ4n) is 2.64. The van der Waals surface area contributed by atoms with Crippen LogP contribution in [0.1, 0.15) is 17.0 Å². The predicted molar refractivity (Wildman–Crippen MR) is 88.0 cm³/mol. The number of amides is 2. The van der Waals surface area contributed by atoms with Crippen molar-refractivity contribution < 1.29 is 4.79 Å². The van der Waals surface area contributed by atoms with E-state index in [1.165, 1.54) is 0 Å². The molecule has 0 saturated heterocycles. The molecule has 0 aromatic carbocycles. The van der Waals surface area contributed by atoms with Gasteiger partial charge in [0.25, 0.3) is 0 Å². The molecule has 2 aromatic heterocycles. The second kappa shape index (κ2) is 6.58. The molecule has 3 rings (SSSR count). The van der Waals surface area contributed by atoms with Crippen LogP contribution in [-0.4, -0.2) is 51.2 Å². The summed E-state index contributed by atoms with van der Waals surface area (Å²) in [4.78, 5) is 19.6. The van der Waals surface area contributed by atoms with E-state index in [1.807, 2.05) is 15.6 Å². The van der Waals surface area contributed by atoms with Gasteiger partial charge in [-0.1, -0.05) is 0 Å². The van der Waals surface area contributed by atoms with Gasteiger partial charge in [0.2, 0.25) is 0 Å². The summed E-state index contributed by atoms with van der Waals surface area (Å²) < 4.78 is 1.94. The third-order valence-electron chi connectivity index (χ3n) is 3.84. The number of urea groups is 1. The average Bonchev–Trinajstić information content (AvgIpc) is 3.01. The molecule has 3 heterocycles. The first-order chi connectivity index (χ1) is 11.6. The van der Waals surface area contributed by atoms with Gasteiger partial charge in [0.15, 0.2) is 0 Å². The lowest BCUT2D eigenvalue weighted by Gasteiger charge is -2.29. The zero-order chi connectivity index (χ0) is 17.1. The quantitative estimate of drug-likeness (QED) is 0.917. The van der Waals surface area contributed by atoms with Crippen LogP contribution in [-0.2, 0) is 19.6 Å². The summed E-state index contributed by atoms with van der Waals surface area (Å²) in [7, 11) is 3.51. The maximum Gasteiger partial charge on any atom is 0.319 e.